The van der Waals surface area contributed by atoms with Crippen LogP contribution in [0.1, 0.15) is 55.3 Å². The van der Waals surface area contributed by atoms with Crippen LogP contribution in [0.2, 0.25) is 0 Å². The molecule has 0 bridgehead atoms. The van der Waals surface area contributed by atoms with Gasteiger partial charge in [-0.2, -0.15) is 13.2 Å². The van der Waals surface area contributed by atoms with Crippen molar-refractivity contribution >= 4 is 0 Å². The molecule has 3 nitrogen and oxygen atoms in total. The first-order valence-electron chi connectivity index (χ1n) is 8.02. The van der Waals surface area contributed by atoms with Crippen molar-refractivity contribution in [2.24, 2.45) is 0 Å². The molecule has 0 spiro atoms. The lowest BCUT2D eigenvalue weighted by Gasteiger charge is -2.14. The van der Waals surface area contributed by atoms with Crippen LogP contribution in [-0.4, -0.2) is 15.0 Å². The minimum atomic E-state index is -4.35. The van der Waals surface area contributed by atoms with E-state index >= 15 is 0 Å². The monoisotopic (exact) mass is 323 g/mol. The number of aromatic nitrogens is 3. The fraction of sp³-hybridized carbons (Fsp3) is 0.529. The third kappa shape index (κ3) is 3.12. The SMILES string of the molecule is CCn1nnc(-c2cc(C)cc(C(F)(F)F)c2)c1C1CCCC1. The second kappa shape index (κ2) is 5.98. The predicted octanol–water partition coefficient (Wildman–Crippen LogP) is 4.95. The maximum Gasteiger partial charge on any atom is 0.416 e. The van der Waals surface area contributed by atoms with Gasteiger partial charge in [-0.25, -0.2) is 4.68 Å². The first-order valence-corrected chi connectivity index (χ1v) is 8.02. The molecule has 0 saturated heterocycles. The lowest BCUT2D eigenvalue weighted by Crippen LogP contribution is -2.08. The summed E-state index contributed by atoms with van der Waals surface area (Å²) in [5.41, 5.74) is 2.06. The largest absolute Gasteiger partial charge is 0.416 e. The molecule has 1 aliphatic rings. The predicted molar refractivity (Wildman–Crippen MR) is 82.1 cm³/mol. The Kier molecular flexibility index (Phi) is 4.17. The van der Waals surface area contributed by atoms with Gasteiger partial charge in [-0.1, -0.05) is 18.1 Å². The Balaban J connectivity index is 2.12. The van der Waals surface area contributed by atoms with Crippen molar-refractivity contribution in [2.45, 2.75) is 58.2 Å². The fourth-order valence-corrected chi connectivity index (χ4v) is 3.45. The van der Waals surface area contributed by atoms with Gasteiger partial charge in [0.15, 0.2) is 0 Å². The van der Waals surface area contributed by atoms with Crippen molar-refractivity contribution < 1.29 is 13.2 Å². The molecule has 0 aliphatic heterocycles. The van der Waals surface area contributed by atoms with Gasteiger partial charge >= 0.3 is 6.18 Å². The molecule has 1 aromatic carbocycles. The van der Waals surface area contributed by atoms with E-state index in [1.807, 2.05) is 11.6 Å². The molecule has 1 fully saturated rings. The first-order chi connectivity index (χ1) is 10.9. The van der Waals surface area contributed by atoms with E-state index in [2.05, 4.69) is 10.3 Å². The summed E-state index contributed by atoms with van der Waals surface area (Å²) < 4.78 is 41.1. The molecule has 0 radical (unpaired) electrons. The van der Waals surface area contributed by atoms with Crippen LogP contribution >= 0.6 is 0 Å². The molecule has 6 heteroatoms. The van der Waals surface area contributed by atoms with Gasteiger partial charge in [0, 0.05) is 18.0 Å². The van der Waals surface area contributed by atoms with Crippen molar-refractivity contribution in [3.8, 4) is 11.3 Å². The summed E-state index contributed by atoms with van der Waals surface area (Å²) in [6, 6.07) is 4.12. The summed E-state index contributed by atoms with van der Waals surface area (Å²) >= 11 is 0. The maximum atomic E-state index is 13.1. The van der Waals surface area contributed by atoms with E-state index in [4.69, 9.17) is 0 Å². The molecule has 1 aromatic heterocycles. The zero-order valence-corrected chi connectivity index (χ0v) is 13.3. The molecule has 1 aliphatic carbocycles. The number of hydrogen-bond donors (Lipinski definition) is 0. The molecule has 1 heterocycles. The zero-order chi connectivity index (χ0) is 16.6. The number of hydrogen-bond acceptors (Lipinski definition) is 2. The smallest absolute Gasteiger partial charge is 0.249 e. The van der Waals surface area contributed by atoms with Gasteiger partial charge in [-0.05, 0) is 50.5 Å². The van der Waals surface area contributed by atoms with Crippen molar-refractivity contribution in [1.82, 2.24) is 15.0 Å². The molecule has 23 heavy (non-hydrogen) atoms. The fourth-order valence-electron chi connectivity index (χ4n) is 3.45. The topological polar surface area (TPSA) is 30.7 Å². The molecule has 1 saturated carbocycles. The highest BCUT2D eigenvalue weighted by Crippen LogP contribution is 2.40. The molecular weight excluding hydrogens is 303 g/mol. The Labute approximate surface area is 133 Å². The lowest BCUT2D eigenvalue weighted by molar-refractivity contribution is -0.137. The van der Waals surface area contributed by atoms with Gasteiger partial charge in [0.1, 0.15) is 5.69 Å². The highest BCUT2D eigenvalue weighted by atomic mass is 19.4. The number of aryl methyl sites for hydroxylation is 2. The highest BCUT2D eigenvalue weighted by molar-refractivity contribution is 5.64. The Bertz CT molecular complexity index is 698. The number of benzene rings is 1. The minimum Gasteiger partial charge on any atom is -0.249 e. The number of alkyl halides is 3. The van der Waals surface area contributed by atoms with Gasteiger partial charge < -0.3 is 0 Å². The highest BCUT2D eigenvalue weighted by Gasteiger charge is 2.32. The van der Waals surface area contributed by atoms with Gasteiger partial charge in [-0.3, -0.25) is 0 Å². The molecule has 0 N–H and O–H groups in total. The molecule has 2 aromatic rings. The number of halogens is 3. The van der Waals surface area contributed by atoms with Crippen LogP contribution in [0.3, 0.4) is 0 Å². The maximum absolute atomic E-state index is 13.1. The van der Waals surface area contributed by atoms with Crippen LogP contribution in [0.15, 0.2) is 18.2 Å². The molecule has 0 amide bonds. The number of nitrogens with zero attached hydrogens (tertiary/aromatic N) is 3. The Morgan fingerprint density at radius 1 is 1.17 bits per heavy atom. The van der Waals surface area contributed by atoms with E-state index in [0.717, 1.165) is 31.4 Å². The van der Waals surface area contributed by atoms with Crippen LogP contribution in [-0.2, 0) is 12.7 Å². The van der Waals surface area contributed by atoms with Crippen LogP contribution in [0.25, 0.3) is 11.3 Å². The van der Waals surface area contributed by atoms with Crippen molar-refractivity contribution in [2.75, 3.05) is 0 Å². The lowest BCUT2D eigenvalue weighted by atomic mass is 9.96. The molecule has 0 atom stereocenters. The summed E-state index contributed by atoms with van der Waals surface area (Å²) in [4.78, 5) is 0. The van der Waals surface area contributed by atoms with E-state index in [0.29, 0.717) is 29.3 Å². The average molecular weight is 323 g/mol. The average Bonchev–Trinajstić information content (AvgIpc) is 3.14. The first kappa shape index (κ1) is 16.0. The van der Waals surface area contributed by atoms with Crippen LogP contribution < -0.4 is 0 Å². The van der Waals surface area contributed by atoms with Crippen molar-refractivity contribution in [3.63, 3.8) is 0 Å². The van der Waals surface area contributed by atoms with Crippen LogP contribution in [0.5, 0.6) is 0 Å². The van der Waals surface area contributed by atoms with Gasteiger partial charge in [0.2, 0.25) is 0 Å². The van der Waals surface area contributed by atoms with Crippen molar-refractivity contribution in [1.29, 1.82) is 0 Å². The van der Waals surface area contributed by atoms with E-state index in [1.54, 1.807) is 13.0 Å². The summed E-state index contributed by atoms with van der Waals surface area (Å²) in [5.74, 6) is 0.342. The second-order valence-corrected chi connectivity index (χ2v) is 6.21. The van der Waals surface area contributed by atoms with Gasteiger partial charge in [0.05, 0.1) is 11.3 Å². The summed E-state index contributed by atoms with van der Waals surface area (Å²) in [5, 5.41) is 8.37. The molecule has 0 unspecified atom stereocenters. The van der Waals surface area contributed by atoms with Crippen LogP contribution in [0.4, 0.5) is 13.2 Å². The summed E-state index contributed by atoms with van der Waals surface area (Å²) in [6.07, 6.45) is 0.0624. The van der Waals surface area contributed by atoms with Gasteiger partial charge in [-0.15, -0.1) is 5.10 Å². The molecule has 124 valence electrons. The summed E-state index contributed by atoms with van der Waals surface area (Å²) in [7, 11) is 0. The molecular formula is C17H20F3N3. The van der Waals surface area contributed by atoms with Crippen LogP contribution in [0, 0.1) is 6.92 Å². The number of rotatable bonds is 3. The van der Waals surface area contributed by atoms with E-state index in [1.165, 1.54) is 12.1 Å². The van der Waals surface area contributed by atoms with E-state index in [9.17, 15) is 13.2 Å². The van der Waals surface area contributed by atoms with E-state index < -0.39 is 11.7 Å². The normalized spacial score (nSPS) is 16.2. The Morgan fingerprint density at radius 3 is 2.48 bits per heavy atom. The second-order valence-electron chi connectivity index (χ2n) is 6.21. The third-order valence-corrected chi connectivity index (χ3v) is 4.49. The Morgan fingerprint density at radius 2 is 1.87 bits per heavy atom. The van der Waals surface area contributed by atoms with Crippen molar-refractivity contribution in [3.05, 3.63) is 35.0 Å². The van der Waals surface area contributed by atoms with E-state index in [-0.39, 0.29) is 0 Å². The standard InChI is InChI=1S/C17H20F3N3/c1-3-23-16(12-6-4-5-7-12)15(21-22-23)13-8-11(2)9-14(10-13)17(18,19)20/h8-10,12H,3-7H2,1-2H3. The summed E-state index contributed by atoms with van der Waals surface area (Å²) in [6.45, 7) is 4.34. The quantitative estimate of drug-likeness (QED) is 0.800. The Hall–Kier alpha value is -1.85. The molecule has 3 rings (SSSR count). The zero-order valence-electron chi connectivity index (χ0n) is 13.3. The third-order valence-electron chi connectivity index (χ3n) is 4.49. The van der Waals surface area contributed by atoms with Gasteiger partial charge in [0.25, 0.3) is 0 Å². The minimum absolute atomic E-state index is 0.342.